The highest BCUT2D eigenvalue weighted by Crippen LogP contribution is 2.50. The van der Waals surface area contributed by atoms with Crippen molar-refractivity contribution in [1.29, 1.82) is 0 Å². The Kier molecular flexibility index (Phi) is 6.54. The topological polar surface area (TPSA) is 78.5 Å². The lowest BCUT2D eigenvalue weighted by atomic mass is 9.60. The van der Waals surface area contributed by atoms with Gasteiger partial charge in [-0.05, 0) is 40.4 Å². The van der Waals surface area contributed by atoms with E-state index in [9.17, 15) is 10.0 Å². The molecule has 1 unspecified atom stereocenters. The van der Waals surface area contributed by atoms with Crippen LogP contribution >= 0.6 is 0 Å². The molecule has 4 nitrogen and oxygen atoms in total. The fourth-order valence-corrected chi connectivity index (χ4v) is 3.31. The van der Waals surface area contributed by atoms with Gasteiger partial charge in [-0.2, -0.15) is 0 Å². The molecule has 0 bridgehead atoms. The Bertz CT molecular complexity index is 615. The van der Waals surface area contributed by atoms with Crippen LogP contribution in [-0.2, 0) is 6.54 Å². The fourth-order valence-electron chi connectivity index (χ4n) is 3.31. The molecule has 0 aliphatic rings. The third-order valence-electron chi connectivity index (χ3n) is 5.14. The number of rotatable bonds is 6. The van der Waals surface area contributed by atoms with Crippen molar-refractivity contribution >= 4 is 18.3 Å². The minimum Gasteiger partial charge on any atom is -0.423 e. The first-order valence-corrected chi connectivity index (χ1v) is 8.87. The highest BCUT2D eigenvalue weighted by atomic mass is 16.4. The minimum atomic E-state index is -1.52. The van der Waals surface area contributed by atoms with Gasteiger partial charge in [0, 0.05) is 23.3 Å². The van der Waals surface area contributed by atoms with Crippen molar-refractivity contribution in [2.45, 2.75) is 61.4 Å². The molecule has 0 spiro atoms. The molecule has 0 heterocycles. The van der Waals surface area contributed by atoms with E-state index in [0.29, 0.717) is 11.0 Å². The molecule has 0 aliphatic heterocycles. The highest BCUT2D eigenvalue weighted by Gasteiger charge is 2.42. The number of nitrogens with one attached hydrogen (secondary N) is 1. The van der Waals surface area contributed by atoms with Crippen LogP contribution in [-0.4, -0.2) is 17.2 Å². The van der Waals surface area contributed by atoms with Gasteiger partial charge in [0.2, 0.25) is 0 Å². The van der Waals surface area contributed by atoms with Crippen molar-refractivity contribution < 1.29 is 10.0 Å². The van der Waals surface area contributed by atoms with Gasteiger partial charge >= 0.3 is 7.12 Å². The lowest BCUT2D eigenvalue weighted by molar-refractivity contribution is 0.0939. The Labute approximate surface area is 153 Å². The van der Waals surface area contributed by atoms with E-state index in [1.807, 2.05) is 12.1 Å². The predicted molar refractivity (Wildman–Crippen MR) is 109 cm³/mol. The largest absolute Gasteiger partial charge is 0.488 e. The third-order valence-corrected chi connectivity index (χ3v) is 5.14. The fraction of sp³-hybridized carbons (Fsp3) is 0.600. The second-order valence-electron chi connectivity index (χ2n) is 9.41. The second-order valence-corrected chi connectivity index (χ2v) is 9.41. The van der Waals surface area contributed by atoms with E-state index >= 15 is 0 Å². The smallest absolute Gasteiger partial charge is 0.423 e. The Morgan fingerprint density at radius 3 is 2.08 bits per heavy atom. The molecule has 1 rings (SSSR count). The molecule has 0 aromatic heterocycles. The molecule has 0 saturated heterocycles. The standard InChI is InChI=1S/C20H35BN2O2/c1-14(20(8,19(5,6)7)13-18(2,3)4)23-16-9-10-17(21(24)25)15(11-16)12-22/h9-11,23-25H,1,12-13,22H2,2-8H3. The van der Waals surface area contributed by atoms with Crippen LogP contribution in [0.2, 0.25) is 0 Å². The zero-order valence-corrected chi connectivity index (χ0v) is 16.9. The van der Waals surface area contributed by atoms with E-state index in [0.717, 1.165) is 17.8 Å². The van der Waals surface area contributed by atoms with Gasteiger partial charge in [0.15, 0.2) is 0 Å². The molecule has 1 atom stereocenters. The molecular weight excluding hydrogens is 311 g/mol. The predicted octanol–water partition coefficient (Wildman–Crippen LogP) is 3.24. The third kappa shape index (κ3) is 5.34. The van der Waals surface area contributed by atoms with Crippen LogP contribution in [0.15, 0.2) is 30.5 Å². The Balaban J connectivity index is 3.17. The molecule has 0 saturated carbocycles. The summed E-state index contributed by atoms with van der Waals surface area (Å²) in [5.74, 6) is 0. The van der Waals surface area contributed by atoms with Gasteiger partial charge in [-0.3, -0.25) is 0 Å². The summed E-state index contributed by atoms with van der Waals surface area (Å²) >= 11 is 0. The second kappa shape index (κ2) is 7.52. The summed E-state index contributed by atoms with van der Waals surface area (Å²) in [6, 6.07) is 5.39. The van der Waals surface area contributed by atoms with Crippen LogP contribution in [0.1, 0.15) is 60.5 Å². The number of allylic oxidation sites excluding steroid dienone is 1. The zero-order valence-electron chi connectivity index (χ0n) is 16.9. The van der Waals surface area contributed by atoms with Gasteiger partial charge in [0.1, 0.15) is 0 Å². The van der Waals surface area contributed by atoms with Crippen molar-refractivity contribution in [3.05, 3.63) is 36.0 Å². The van der Waals surface area contributed by atoms with Gasteiger partial charge in [0.25, 0.3) is 0 Å². The molecule has 0 fully saturated rings. The van der Waals surface area contributed by atoms with Crippen LogP contribution in [0, 0.1) is 16.2 Å². The van der Waals surface area contributed by atoms with Gasteiger partial charge in [-0.15, -0.1) is 0 Å². The molecule has 0 radical (unpaired) electrons. The summed E-state index contributed by atoms with van der Waals surface area (Å²) in [4.78, 5) is 0. The number of nitrogens with two attached hydrogens (primary N) is 1. The van der Waals surface area contributed by atoms with Crippen LogP contribution in [0.25, 0.3) is 0 Å². The van der Waals surface area contributed by atoms with Gasteiger partial charge in [0.05, 0.1) is 0 Å². The first-order chi connectivity index (χ1) is 11.2. The van der Waals surface area contributed by atoms with Crippen molar-refractivity contribution in [2.24, 2.45) is 22.0 Å². The molecule has 1 aromatic carbocycles. The summed E-state index contributed by atoms with van der Waals surface area (Å²) in [6.45, 7) is 20.3. The molecular formula is C20H35BN2O2. The van der Waals surface area contributed by atoms with Gasteiger partial charge < -0.3 is 21.1 Å². The maximum absolute atomic E-state index is 9.43. The number of anilines is 1. The lowest BCUT2D eigenvalue weighted by Crippen LogP contribution is -2.40. The van der Waals surface area contributed by atoms with Crippen LogP contribution in [0.3, 0.4) is 0 Å². The lowest BCUT2D eigenvalue weighted by Gasteiger charge is -2.47. The molecule has 5 N–H and O–H groups in total. The molecule has 25 heavy (non-hydrogen) atoms. The SMILES string of the molecule is C=C(Nc1ccc(B(O)O)c(CN)c1)C(C)(CC(C)(C)C)C(C)(C)C. The van der Waals surface area contributed by atoms with Crippen LogP contribution in [0.4, 0.5) is 5.69 Å². The van der Waals surface area contributed by atoms with E-state index in [4.69, 9.17) is 5.73 Å². The first-order valence-electron chi connectivity index (χ1n) is 8.87. The molecule has 0 amide bonds. The summed E-state index contributed by atoms with van der Waals surface area (Å²) in [5.41, 5.74) is 8.79. The minimum absolute atomic E-state index is 0.0301. The quantitative estimate of drug-likeness (QED) is 0.597. The normalized spacial score (nSPS) is 14.8. The molecule has 0 aliphatic carbocycles. The molecule has 1 aromatic rings. The monoisotopic (exact) mass is 346 g/mol. The summed E-state index contributed by atoms with van der Waals surface area (Å²) in [7, 11) is -1.52. The van der Waals surface area contributed by atoms with E-state index in [2.05, 4.69) is 60.4 Å². The number of hydrogen-bond acceptors (Lipinski definition) is 4. The average molecular weight is 346 g/mol. The van der Waals surface area contributed by atoms with Crippen molar-refractivity contribution in [1.82, 2.24) is 0 Å². The molecule has 140 valence electrons. The Hall–Kier alpha value is -1.30. The Morgan fingerprint density at radius 2 is 1.68 bits per heavy atom. The summed E-state index contributed by atoms with van der Waals surface area (Å²) < 4.78 is 0. The Morgan fingerprint density at radius 1 is 1.12 bits per heavy atom. The van der Waals surface area contributed by atoms with Gasteiger partial charge in [-0.25, -0.2) is 0 Å². The van der Waals surface area contributed by atoms with Gasteiger partial charge in [-0.1, -0.05) is 61.1 Å². The van der Waals surface area contributed by atoms with Crippen molar-refractivity contribution in [3.8, 4) is 0 Å². The van der Waals surface area contributed by atoms with Crippen LogP contribution in [0.5, 0.6) is 0 Å². The number of hydrogen-bond donors (Lipinski definition) is 4. The maximum atomic E-state index is 9.43. The molecule has 5 heteroatoms. The zero-order chi connectivity index (χ0) is 19.6. The van der Waals surface area contributed by atoms with E-state index < -0.39 is 7.12 Å². The number of benzene rings is 1. The van der Waals surface area contributed by atoms with E-state index in [-0.39, 0.29) is 22.8 Å². The average Bonchev–Trinajstić information content (AvgIpc) is 2.43. The summed E-state index contributed by atoms with van der Waals surface area (Å²) in [5, 5.41) is 22.3. The van der Waals surface area contributed by atoms with Crippen molar-refractivity contribution in [3.63, 3.8) is 0 Å². The highest BCUT2D eigenvalue weighted by molar-refractivity contribution is 6.59. The maximum Gasteiger partial charge on any atom is 0.488 e. The summed E-state index contributed by atoms with van der Waals surface area (Å²) in [6.07, 6.45) is 0.993. The van der Waals surface area contributed by atoms with E-state index in [1.54, 1.807) is 6.07 Å². The van der Waals surface area contributed by atoms with E-state index in [1.165, 1.54) is 0 Å². The van der Waals surface area contributed by atoms with Crippen molar-refractivity contribution in [2.75, 3.05) is 5.32 Å². The van der Waals surface area contributed by atoms with Crippen LogP contribution < -0.4 is 16.5 Å². The first kappa shape index (κ1) is 21.7.